The van der Waals surface area contributed by atoms with Crippen LogP contribution in [-0.2, 0) is 0 Å². The first kappa shape index (κ1) is 13.1. The second kappa shape index (κ2) is 4.98. The number of nitrogens with one attached hydrogen (secondary N) is 1. The molecule has 0 aromatic heterocycles. The zero-order chi connectivity index (χ0) is 13.6. The minimum Gasteiger partial charge on any atom is -0.298 e. The van der Waals surface area contributed by atoms with Crippen LogP contribution >= 0.6 is 0 Å². The lowest BCUT2D eigenvalue weighted by Crippen LogP contribution is -2.58. The fourth-order valence-corrected chi connectivity index (χ4v) is 3.70. The maximum atomic E-state index is 9.79. The van der Waals surface area contributed by atoms with Gasteiger partial charge in [0.25, 0.3) is 0 Å². The van der Waals surface area contributed by atoms with E-state index in [4.69, 9.17) is 0 Å². The van der Waals surface area contributed by atoms with Crippen LogP contribution in [0.3, 0.4) is 0 Å². The molecule has 3 saturated carbocycles. The van der Waals surface area contributed by atoms with Crippen molar-refractivity contribution in [2.75, 3.05) is 32.7 Å². The van der Waals surface area contributed by atoms with Crippen molar-refractivity contribution in [1.82, 2.24) is 15.1 Å². The van der Waals surface area contributed by atoms with E-state index in [1.165, 1.54) is 51.6 Å². The molecule has 1 N–H and O–H groups in total. The zero-order valence-corrected chi connectivity index (χ0v) is 12.4. The van der Waals surface area contributed by atoms with Gasteiger partial charge in [0.1, 0.15) is 5.54 Å². The third-order valence-electron chi connectivity index (χ3n) is 5.46. The summed E-state index contributed by atoms with van der Waals surface area (Å²) < 4.78 is 0. The van der Waals surface area contributed by atoms with E-state index in [1.807, 2.05) is 0 Å². The van der Waals surface area contributed by atoms with Gasteiger partial charge in [-0.3, -0.25) is 15.1 Å². The summed E-state index contributed by atoms with van der Waals surface area (Å²) in [4.78, 5) is 5.19. The topological polar surface area (TPSA) is 42.3 Å². The third-order valence-corrected chi connectivity index (χ3v) is 5.46. The van der Waals surface area contributed by atoms with Gasteiger partial charge >= 0.3 is 0 Å². The summed E-state index contributed by atoms with van der Waals surface area (Å²) in [6.45, 7) is 5.67. The molecule has 1 heterocycles. The minimum absolute atomic E-state index is 0.247. The van der Waals surface area contributed by atoms with Crippen LogP contribution in [0, 0.1) is 17.2 Å². The number of nitrogens with zero attached hydrogens (tertiary/aromatic N) is 3. The van der Waals surface area contributed by atoms with Crippen molar-refractivity contribution >= 4 is 0 Å². The van der Waals surface area contributed by atoms with E-state index in [9.17, 15) is 5.26 Å². The summed E-state index contributed by atoms with van der Waals surface area (Å²) in [6.07, 6.45) is 7.85. The lowest BCUT2D eigenvalue weighted by Gasteiger charge is -2.39. The molecule has 1 aliphatic heterocycles. The summed E-state index contributed by atoms with van der Waals surface area (Å²) in [6, 6.07) is 4.20. The highest BCUT2D eigenvalue weighted by Gasteiger charge is 2.49. The van der Waals surface area contributed by atoms with Crippen molar-refractivity contribution in [2.45, 2.75) is 56.1 Å². The van der Waals surface area contributed by atoms with Gasteiger partial charge in [-0.05, 0) is 44.4 Å². The molecule has 4 heteroatoms. The highest BCUT2D eigenvalue weighted by molar-refractivity contribution is 5.18. The van der Waals surface area contributed by atoms with Crippen LogP contribution < -0.4 is 5.32 Å². The number of hydrogen-bond donors (Lipinski definition) is 1. The fourth-order valence-electron chi connectivity index (χ4n) is 3.70. The summed E-state index contributed by atoms with van der Waals surface area (Å²) >= 11 is 0. The average molecular weight is 274 g/mol. The molecule has 3 aliphatic carbocycles. The molecule has 1 unspecified atom stereocenters. The highest BCUT2D eigenvalue weighted by atomic mass is 15.3. The Balaban J connectivity index is 1.36. The molecular formula is C16H26N4. The molecule has 4 nitrogen and oxygen atoms in total. The monoisotopic (exact) mass is 274 g/mol. The molecule has 20 heavy (non-hydrogen) atoms. The minimum atomic E-state index is -0.247. The SMILES string of the molecule is N#CC(CN1CCN(C2CC2)CC1)(NC1CC1)C1CC1. The maximum absolute atomic E-state index is 9.79. The lowest BCUT2D eigenvalue weighted by atomic mass is 9.93. The predicted octanol–water partition coefficient (Wildman–Crippen LogP) is 1.19. The lowest BCUT2D eigenvalue weighted by molar-refractivity contribution is 0.102. The average Bonchev–Trinajstić information content (AvgIpc) is 3.26. The van der Waals surface area contributed by atoms with Crippen LogP contribution in [0.5, 0.6) is 0 Å². The van der Waals surface area contributed by atoms with Gasteiger partial charge in [-0.1, -0.05) is 0 Å². The Bertz CT molecular complexity index is 397. The van der Waals surface area contributed by atoms with Crippen molar-refractivity contribution in [2.24, 2.45) is 5.92 Å². The summed E-state index contributed by atoms with van der Waals surface area (Å²) in [5.74, 6) is 0.606. The summed E-state index contributed by atoms with van der Waals surface area (Å²) in [7, 11) is 0. The summed E-state index contributed by atoms with van der Waals surface area (Å²) in [5.41, 5.74) is -0.247. The molecule has 0 aromatic carbocycles. The van der Waals surface area contributed by atoms with E-state index in [0.717, 1.165) is 25.7 Å². The number of hydrogen-bond acceptors (Lipinski definition) is 4. The number of piperazine rings is 1. The van der Waals surface area contributed by atoms with Crippen molar-refractivity contribution < 1.29 is 0 Å². The molecule has 0 radical (unpaired) electrons. The van der Waals surface area contributed by atoms with Crippen LogP contribution in [0.4, 0.5) is 0 Å². The van der Waals surface area contributed by atoms with E-state index in [-0.39, 0.29) is 5.54 Å². The second-order valence-corrected chi connectivity index (χ2v) is 7.32. The van der Waals surface area contributed by atoms with Crippen LogP contribution in [-0.4, -0.2) is 60.1 Å². The number of nitriles is 1. The van der Waals surface area contributed by atoms with E-state index in [0.29, 0.717) is 12.0 Å². The molecule has 1 saturated heterocycles. The van der Waals surface area contributed by atoms with Crippen molar-refractivity contribution in [3.05, 3.63) is 0 Å². The smallest absolute Gasteiger partial charge is 0.122 e. The first-order chi connectivity index (χ1) is 9.79. The van der Waals surface area contributed by atoms with Crippen LogP contribution in [0.2, 0.25) is 0 Å². The van der Waals surface area contributed by atoms with Gasteiger partial charge in [0.05, 0.1) is 6.07 Å². The van der Waals surface area contributed by atoms with Crippen molar-refractivity contribution in [3.63, 3.8) is 0 Å². The van der Waals surface area contributed by atoms with Crippen LogP contribution in [0.15, 0.2) is 0 Å². The standard InChI is InChI=1S/C16H26N4/c17-11-16(13-1-2-13,18-14-3-4-14)12-19-7-9-20(10-8-19)15-5-6-15/h13-15,18H,1-10,12H2. The first-order valence-electron chi connectivity index (χ1n) is 8.44. The third kappa shape index (κ3) is 2.72. The van der Waals surface area contributed by atoms with E-state index in [1.54, 1.807) is 0 Å². The van der Waals surface area contributed by atoms with Crippen molar-refractivity contribution in [1.29, 1.82) is 5.26 Å². The largest absolute Gasteiger partial charge is 0.298 e. The molecule has 0 spiro atoms. The highest BCUT2D eigenvalue weighted by Crippen LogP contribution is 2.42. The molecule has 4 fully saturated rings. The van der Waals surface area contributed by atoms with Crippen LogP contribution in [0.25, 0.3) is 0 Å². The second-order valence-electron chi connectivity index (χ2n) is 7.32. The Morgan fingerprint density at radius 3 is 2.20 bits per heavy atom. The van der Waals surface area contributed by atoms with Gasteiger partial charge in [-0.15, -0.1) is 0 Å². The molecule has 0 amide bonds. The van der Waals surface area contributed by atoms with Gasteiger partial charge in [0, 0.05) is 44.8 Å². The Labute approximate surface area is 122 Å². The summed E-state index contributed by atoms with van der Waals surface area (Å²) in [5, 5.41) is 13.5. The van der Waals surface area contributed by atoms with Gasteiger partial charge in [-0.25, -0.2) is 0 Å². The molecular weight excluding hydrogens is 248 g/mol. The molecule has 110 valence electrons. The Morgan fingerprint density at radius 1 is 1.00 bits per heavy atom. The maximum Gasteiger partial charge on any atom is 0.122 e. The van der Waals surface area contributed by atoms with E-state index < -0.39 is 0 Å². The molecule has 4 aliphatic rings. The molecule has 4 rings (SSSR count). The van der Waals surface area contributed by atoms with E-state index in [2.05, 4.69) is 21.2 Å². The van der Waals surface area contributed by atoms with E-state index >= 15 is 0 Å². The van der Waals surface area contributed by atoms with Gasteiger partial charge < -0.3 is 0 Å². The first-order valence-corrected chi connectivity index (χ1v) is 8.44. The Morgan fingerprint density at radius 2 is 1.70 bits per heavy atom. The zero-order valence-electron chi connectivity index (χ0n) is 12.4. The predicted molar refractivity (Wildman–Crippen MR) is 78.3 cm³/mol. The molecule has 0 aromatic rings. The number of rotatable bonds is 6. The molecule has 0 bridgehead atoms. The van der Waals surface area contributed by atoms with Gasteiger partial charge in [-0.2, -0.15) is 5.26 Å². The normalized spacial score (nSPS) is 31.8. The Kier molecular flexibility index (Phi) is 3.25. The quantitative estimate of drug-likeness (QED) is 0.790. The fraction of sp³-hybridized carbons (Fsp3) is 0.938. The van der Waals surface area contributed by atoms with Gasteiger partial charge in [0.2, 0.25) is 0 Å². The Hall–Kier alpha value is -0.630. The van der Waals surface area contributed by atoms with Crippen molar-refractivity contribution in [3.8, 4) is 6.07 Å². The molecule has 1 atom stereocenters. The van der Waals surface area contributed by atoms with Crippen LogP contribution in [0.1, 0.15) is 38.5 Å². The van der Waals surface area contributed by atoms with Gasteiger partial charge in [0.15, 0.2) is 0 Å².